The lowest BCUT2D eigenvalue weighted by Crippen LogP contribution is -2.39. The van der Waals surface area contributed by atoms with Crippen LogP contribution in [0.15, 0.2) is 54.6 Å². The predicted octanol–water partition coefficient (Wildman–Crippen LogP) is 5.47. The number of pyridine rings is 1. The first-order valence-electron chi connectivity index (χ1n) is 16.6. The van der Waals surface area contributed by atoms with Gasteiger partial charge in [-0.3, -0.25) is 4.79 Å². The van der Waals surface area contributed by atoms with Crippen LogP contribution in [0, 0.1) is 0 Å². The van der Waals surface area contributed by atoms with Crippen LogP contribution in [0.1, 0.15) is 71.1 Å². The van der Waals surface area contributed by atoms with Crippen LogP contribution in [0.25, 0.3) is 22.2 Å². The van der Waals surface area contributed by atoms with E-state index in [1.165, 1.54) is 55.7 Å². The Bertz CT molecular complexity index is 1910. The van der Waals surface area contributed by atoms with Crippen molar-refractivity contribution in [2.24, 2.45) is 0 Å². The fraction of sp³-hybridized carbons (Fsp3) is 0.444. The van der Waals surface area contributed by atoms with Crippen molar-refractivity contribution in [3.05, 3.63) is 77.0 Å². The van der Waals surface area contributed by atoms with Gasteiger partial charge < -0.3 is 18.9 Å². The Morgan fingerprint density at radius 2 is 1.79 bits per heavy atom. The van der Waals surface area contributed by atoms with Gasteiger partial charge in [0.1, 0.15) is 11.6 Å². The summed E-state index contributed by atoms with van der Waals surface area (Å²) in [6, 6.07) is 18.3. The number of rotatable bonds is 7. The van der Waals surface area contributed by atoms with Crippen molar-refractivity contribution in [3.8, 4) is 17.0 Å². The lowest BCUT2D eigenvalue weighted by atomic mass is 9.81. The lowest BCUT2D eigenvalue weighted by molar-refractivity contribution is 0.0979. The predicted molar refractivity (Wildman–Crippen MR) is 184 cm³/mol. The number of carbonyl (C=O) groups excluding carboxylic acids is 1. The highest BCUT2D eigenvalue weighted by Gasteiger charge is 2.33. The second-order valence-corrected chi connectivity index (χ2v) is 15.0. The van der Waals surface area contributed by atoms with Crippen LogP contribution < -0.4 is 14.4 Å². The molecule has 2 aromatic carbocycles. The standard InChI is InChI=1S/C36H43N5O5S/c1-39(2)47(43,44)38-36(42)25-12-14-30-32(22-25)41-23-27(31-10-7-11-33(37-31)40-16-18-46-19-17-40)20-26-21-28(45-3)13-15-29(26)35(41)34(30)24-8-5-4-6-9-24/h7,10-15,21-22,24,27H,4-6,8-9,16-20,23H2,1-3H3,(H,38,42). The molecule has 11 heteroatoms. The molecule has 248 valence electrons. The highest BCUT2D eigenvalue weighted by atomic mass is 32.2. The van der Waals surface area contributed by atoms with Gasteiger partial charge in [0.05, 0.1) is 26.0 Å². The molecule has 10 nitrogen and oxygen atoms in total. The first-order valence-corrected chi connectivity index (χ1v) is 18.0. The maximum Gasteiger partial charge on any atom is 0.303 e. The zero-order valence-electron chi connectivity index (χ0n) is 27.4. The molecule has 0 bridgehead atoms. The van der Waals surface area contributed by atoms with Gasteiger partial charge in [-0.1, -0.05) is 31.4 Å². The summed E-state index contributed by atoms with van der Waals surface area (Å²) in [5.74, 6) is 1.57. The molecule has 0 spiro atoms. The smallest absolute Gasteiger partial charge is 0.303 e. The number of methoxy groups -OCH3 is 1. The third-order valence-corrected chi connectivity index (χ3v) is 11.4. The van der Waals surface area contributed by atoms with Gasteiger partial charge in [-0.25, -0.2) is 9.71 Å². The van der Waals surface area contributed by atoms with Crippen molar-refractivity contribution >= 4 is 32.8 Å². The number of nitrogens with one attached hydrogen (secondary N) is 1. The topological polar surface area (TPSA) is 106 Å². The summed E-state index contributed by atoms with van der Waals surface area (Å²) >= 11 is 0. The van der Waals surface area contributed by atoms with Crippen LogP contribution in [0.2, 0.25) is 0 Å². The number of hydrogen-bond donors (Lipinski definition) is 1. The van der Waals surface area contributed by atoms with E-state index in [0.717, 1.165) is 64.8 Å². The summed E-state index contributed by atoms with van der Waals surface area (Å²) in [4.78, 5) is 20.8. The largest absolute Gasteiger partial charge is 0.497 e. The minimum atomic E-state index is -3.94. The quantitative estimate of drug-likeness (QED) is 0.281. The average molecular weight is 658 g/mol. The number of hydrogen-bond acceptors (Lipinski definition) is 7. The Morgan fingerprint density at radius 1 is 1.00 bits per heavy atom. The molecule has 2 fully saturated rings. The van der Waals surface area contributed by atoms with Gasteiger partial charge in [0, 0.05) is 67.4 Å². The second-order valence-electron chi connectivity index (χ2n) is 13.1. The normalized spacial score (nSPS) is 18.9. The van der Waals surface area contributed by atoms with Gasteiger partial charge in [0.2, 0.25) is 0 Å². The SMILES string of the molecule is COc1ccc2c(c1)CC(c1cccc(N3CCOCC3)n1)Cn1c-2c(C2CCCCC2)c2ccc(C(=O)NS(=O)(=O)N(C)C)cc21. The fourth-order valence-corrected chi connectivity index (χ4v) is 8.09. The molecular weight excluding hydrogens is 614 g/mol. The van der Waals surface area contributed by atoms with E-state index in [9.17, 15) is 13.2 Å². The Balaban J connectivity index is 1.41. The van der Waals surface area contributed by atoms with Crippen molar-refractivity contribution in [1.82, 2.24) is 18.6 Å². The second kappa shape index (κ2) is 12.9. The van der Waals surface area contributed by atoms with Crippen molar-refractivity contribution in [3.63, 3.8) is 0 Å². The third-order valence-electron chi connectivity index (χ3n) is 10.0. The van der Waals surface area contributed by atoms with Crippen LogP contribution in [0.4, 0.5) is 5.82 Å². The monoisotopic (exact) mass is 657 g/mol. The van der Waals surface area contributed by atoms with Crippen LogP contribution in [-0.4, -0.2) is 75.7 Å². The van der Waals surface area contributed by atoms with Gasteiger partial charge >= 0.3 is 10.2 Å². The molecule has 47 heavy (non-hydrogen) atoms. The molecular formula is C36H43N5O5S. The minimum absolute atomic E-state index is 0.0458. The number of aromatic nitrogens is 2. The number of nitrogens with zero attached hydrogens (tertiary/aromatic N) is 4. The Hall–Kier alpha value is -3.93. The highest BCUT2D eigenvalue weighted by Crippen LogP contribution is 2.48. The molecule has 1 saturated heterocycles. The van der Waals surface area contributed by atoms with Crippen LogP contribution >= 0.6 is 0 Å². The minimum Gasteiger partial charge on any atom is -0.497 e. The number of morpholine rings is 1. The maximum absolute atomic E-state index is 13.3. The Morgan fingerprint density at radius 3 is 2.53 bits per heavy atom. The number of amides is 1. The van der Waals surface area contributed by atoms with Crippen LogP contribution in [0.5, 0.6) is 5.75 Å². The van der Waals surface area contributed by atoms with Gasteiger partial charge in [0.15, 0.2) is 0 Å². The van der Waals surface area contributed by atoms with Crippen molar-refractivity contribution in [2.75, 3.05) is 52.4 Å². The average Bonchev–Trinajstić information content (AvgIpc) is 3.31. The molecule has 4 heterocycles. The molecule has 1 amide bonds. The van der Waals surface area contributed by atoms with Crippen molar-refractivity contribution < 1.29 is 22.7 Å². The van der Waals surface area contributed by atoms with Gasteiger partial charge in [-0.15, -0.1) is 0 Å². The molecule has 1 atom stereocenters. The van der Waals surface area contributed by atoms with E-state index >= 15 is 0 Å². The van der Waals surface area contributed by atoms with Crippen molar-refractivity contribution in [2.45, 2.75) is 56.9 Å². The molecule has 1 unspecified atom stereocenters. The highest BCUT2D eigenvalue weighted by molar-refractivity contribution is 7.87. The molecule has 1 aliphatic carbocycles. The van der Waals surface area contributed by atoms with Crippen molar-refractivity contribution in [1.29, 1.82) is 0 Å². The first kappa shape index (κ1) is 31.7. The number of anilines is 1. The van der Waals surface area contributed by atoms with E-state index in [0.29, 0.717) is 31.2 Å². The van der Waals surface area contributed by atoms with Gasteiger partial charge in [0.25, 0.3) is 5.91 Å². The lowest BCUT2D eigenvalue weighted by Gasteiger charge is -2.28. The summed E-state index contributed by atoms with van der Waals surface area (Å²) in [5.41, 5.74) is 7.17. The molecule has 2 aliphatic heterocycles. The molecule has 0 radical (unpaired) electrons. The third kappa shape index (κ3) is 6.12. The van der Waals surface area contributed by atoms with Gasteiger partial charge in [-0.05, 0) is 78.8 Å². The fourth-order valence-electron chi connectivity index (χ4n) is 7.55. The summed E-state index contributed by atoms with van der Waals surface area (Å²) < 4.78 is 42.0. The molecule has 3 aliphatic rings. The molecule has 2 aromatic heterocycles. The molecule has 7 rings (SSSR count). The molecule has 1 N–H and O–H groups in total. The van der Waals surface area contributed by atoms with E-state index in [2.05, 4.69) is 44.5 Å². The van der Waals surface area contributed by atoms with E-state index in [-0.39, 0.29) is 5.92 Å². The summed E-state index contributed by atoms with van der Waals surface area (Å²) in [5, 5.41) is 1.12. The summed E-state index contributed by atoms with van der Waals surface area (Å²) in [6.07, 6.45) is 6.64. The molecule has 4 aromatic rings. The Kier molecular flexibility index (Phi) is 8.71. The zero-order valence-corrected chi connectivity index (χ0v) is 28.2. The summed E-state index contributed by atoms with van der Waals surface area (Å²) in [7, 11) is 0.561. The van der Waals surface area contributed by atoms with E-state index in [1.807, 2.05) is 18.2 Å². The van der Waals surface area contributed by atoms with E-state index < -0.39 is 16.1 Å². The Labute approximate surface area is 276 Å². The number of carbonyl (C=O) groups is 1. The number of benzene rings is 2. The van der Waals surface area contributed by atoms with Crippen LogP contribution in [0.3, 0.4) is 0 Å². The zero-order chi connectivity index (χ0) is 32.7. The van der Waals surface area contributed by atoms with Crippen LogP contribution in [-0.2, 0) is 27.9 Å². The molecule has 1 saturated carbocycles. The first-order chi connectivity index (χ1) is 22.7. The number of fused-ring (bicyclic) bond motifs is 5. The van der Waals surface area contributed by atoms with Gasteiger partial charge in [-0.2, -0.15) is 12.7 Å². The number of ether oxygens (including phenoxy) is 2. The van der Waals surface area contributed by atoms with E-state index in [1.54, 1.807) is 13.2 Å². The maximum atomic E-state index is 13.3. The summed E-state index contributed by atoms with van der Waals surface area (Å²) in [6.45, 7) is 3.67. The van der Waals surface area contributed by atoms with E-state index in [4.69, 9.17) is 14.5 Å².